The first-order valence-corrected chi connectivity index (χ1v) is 13.1. The number of halogens is 3. The lowest BCUT2D eigenvalue weighted by molar-refractivity contribution is -0.123. The predicted octanol–water partition coefficient (Wildman–Crippen LogP) is 7.61. The summed E-state index contributed by atoms with van der Waals surface area (Å²) in [7, 11) is 0. The van der Waals surface area contributed by atoms with Crippen LogP contribution in [0.2, 0.25) is 10.0 Å². The zero-order valence-corrected chi connectivity index (χ0v) is 22.7. The average Bonchev–Trinajstić information content (AvgIpc) is 3.10. The second kappa shape index (κ2) is 11.5. The van der Waals surface area contributed by atoms with Crippen LogP contribution in [0.3, 0.4) is 0 Å². The number of nitrogens with zero attached hydrogens (tertiary/aromatic N) is 1. The van der Waals surface area contributed by atoms with Crippen molar-refractivity contribution in [1.82, 2.24) is 4.90 Å². The highest BCUT2D eigenvalue weighted by Crippen LogP contribution is 2.40. The Hall–Kier alpha value is -2.78. The van der Waals surface area contributed by atoms with Crippen molar-refractivity contribution in [2.75, 3.05) is 6.61 Å². The van der Waals surface area contributed by atoms with Crippen molar-refractivity contribution in [3.63, 3.8) is 0 Å². The molecule has 0 aromatic heterocycles. The highest BCUT2D eigenvalue weighted by molar-refractivity contribution is 9.10. The molecular weight excluding hydrogens is 589 g/mol. The molecule has 0 radical (unpaired) electrons. The summed E-state index contributed by atoms with van der Waals surface area (Å²) in [6.45, 7) is 2.26. The molecule has 3 aromatic carbocycles. The summed E-state index contributed by atoms with van der Waals surface area (Å²) in [5.41, 5.74) is 1.66. The van der Waals surface area contributed by atoms with E-state index < -0.39 is 11.9 Å². The number of thioether (sulfide) groups is 1. The number of amides is 2. The van der Waals surface area contributed by atoms with Crippen LogP contribution in [0.25, 0.3) is 6.08 Å². The Balaban J connectivity index is 1.58. The van der Waals surface area contributed by atoms with Crippen LogP contribution in [0.15, 0.2) is 70.0 Å². The third-order valence-electron chi connectivity index (χ3n) is 5.01. The molecule has 0 spiro atoms. The van der Waals surface area contributed by atoms with Gasteiger partial charge in [-0.15, -0.1) is 0 Å². The van der Waals surface area contributed by atoms with Crippen LogP contribution >= 0.6 is 50.9 Å². The van der Waals surface area contributed by atoms with Gasteiger partial charge in [-0.1, -0.05) is 41.4 Å². The quantitative estimate of drug-likeness (QED) is 0.157. The normalized spacial score (nSPS) is 14.4. The lowest BCUT2D eigenvalue weighted by atomic mass is 10.1. The van der Waals surface area contributed by atoms with Crippen molar-refractivity contribution < 1.29 is 23.9 Å². The first-order chi connectivity index (χ1) is 17.2. The summed E-state index contributed by atoms with van der Waals surface area (Å²) in [5.74, 6) is -0.510. The van der Waals surface area contributed by atoms with E-state index in [2.05, 4.69) is 15.9 Å². The summed E-state index contributed by atoms with van der Waals surface area (Å²) >= 11 is 16.2. The van der Waals surface area contributed by atoms with Crippen molar-refractivity contribution in [1.29, 1.82) is 0 Å². The van der Waals surface area contributed by atoms with Crippen LogP contribution in [0, 0.1) is 0 Å². The third kappa shape index (κ3) is 6.13. The van der Waals surface area contributed by atoms with Gasteiger partial charge in [0.2, 0.25) is 0 Å². The van der Waals surface area contributed by atoms with E-state index in [1.807, 2.05) is 0 Å². The minimum Gasteiger partial charge on any atom is -0.490 e. The number of esters is 1. The second-order valence-electron chi connectivity index (χ2n) is 7.56. The number of rotatable bonds is 7. The van der Waals surface area contributed by atoms with Crippen LogP contribution in [-0.2, 0) is 11.3 Å². The average molecular weight is 607 g/mol. The largest absolute Gasteiger partial charge is 0.490 e. The Morgan fingerprint density at radius 2 is 1.81 bits per heavy atom. The summed E-state index contributed by atoms with van der Waals surface area (Å²) in [4.78, 5) is 39.6. The van der Waals surface area contributed by atoms with E-state index in [1.165, 1.54) is 11.0 Å². The summed E-state index contributed by atoms with van der Waals surface area (Å²) < 4.78 is 11.7. The molecule has 1 saturated heterocycles. The number of carbonyl (C=O) groups is 3. The molecule has 3 aromatic rings. The fourth-order valence-electron chi connectivity index (χ4n) is 3.36. The van der Waals surface area contributed by atoms with Gasteiger partial charge in [0, 0.05) is 10.0 Å². The Bertz CT molecular complexity index is 1380. The highest BCUT2D eigenvalue weighted by Gasteiger charge is 2.35. The molecule has 6 nitrogen and oxygen atoms in total. The molecule has 0 atom stereocenters. The Labute approximate surface area is 230 Å². The Kier molecular flexibility index (Phi) is 8.41. The number of hydrogen-bond acceptors (Lipinski definition) is 6. The SMILES string of the molecule is CCOc1cc(/C=C2\SC(=O)N(Cc3ccc(Cl)cc3)C2=O)cc(Br)c1OC(=O)c1cccc(Cl)c1. The minimum atomic E-state index is -0.602. The van der Waals surface area contributed by atoms with Gasteiger partial charge in [-0.05, 0) is 94.3 Å². The summed E-state index contributed by atoms with van der Waals surface area (Å²) in [6.07, 6.45) is 1.60. The zero-order chi connectivity index (χ0) is 25.8. The zero-order valence-electron chi connectivity index (χ0n) is 18.8. The topological polar surface area (TPSA) is 72.9 Å². The Morgan fingerprint density at radius 3 is 2.50 bits per heavy atom. The Morgan fingerprint density at radius 1 is 1.06 bits per heavy atom. The van der Waals surface area contributed by atoms with E-state index in [9.17, 15) is 14.4 Å². The van der Waals surface area contributed by atoms with E-state index in [4.69, 9.17) is 32.7 Å². The second-order valence-corrected chi connectivity index (χ2v) is 10.3. The standard InChI is InChI=1S/C26H18BrCl2NO5S/c1-2-34-21-11-16(10-20(27)23(21)35-25(32)17-4-3-5-19(29)13-17)12-22-24(31)30(26(33)36-22)14-15-6-8-18(28)9-7-15/h3-13H,2,14H2,1H3/b22-12-. The monoisotopic (exact) mass is 605 g/mol. The smallest absolute Gasteiger partial charge is 0.343 e. The van der Waals surface area contributed by atoms with Crippen molar-refractivity contribution in [2.45, 2.75) is 13.5 Å². The van der Waals surface area contributed by atoms with Crippen LogP contribution in [-0.4, -0.2) is 28.6 Å². The maximum Gasteiger partial charge on any atom is 0.343 e. The number of ether oxygens (including phenoxy) is 2. The number of imide groups is 1. The molecule has 1 fully saturated rings. The van der Waals surface area contributed by atoms with Gasteiger partial charge in [-0.3, -0.25) is 14.5 Å². The van der Waals surface area contributed by atoms with Gasteiger partial charge < -0.3 is 9.47 Å². The highest BCUT2D eigenvalue weighted by atomic mass is 79.9. The fourth-order valence-corrected chi connectivity index (χ4v) is 5.06. The van der Waals surface area contributed by atoms with Crippen LogP contribution < -0.4 is 9.47 Å². The van der Waals surface area contributed by atoms with Gasteiger partial charge in [-0.2, -0.15) is 0 Å². The molecule has 0 unspecified atom stereocenters. The molecule has 10 heteroatoms. The summed E-state index contributed by atoms with van der Waals surface area (Å²) in [6, 6.07) is 16.7. The third-order valence-corrected chi connectivity index (χ3v) is 7.00. The van der Waals surface area contributed by atoms with Crippen molar-refractivity contribution in [2.24, 2.45) is 0 Å². The van der Waals surface area contributed by atoms with E-state index in [0.717, 1.165) is 17.3 Å². The number of hydrogen-bond donors (Lipinski definition) is 0. The van der Waals surface area contributed by atoms with Gasteiger partial charge in [0.15, 0.2) is 11.5 Å². The van der Waals surface area contributed by atoms with Gasteiger partial charge in [-0.25, -0.2) is 4.79 Å². The molecule has 184 valence electrons. The molecule has 0 aliphatic carbocycles. The predicted molar refractivity (Wildman–Crippen MR) is 145 cm³/mol. The lowest BCUT2D eigenvalue weighted by Crippen LogP contribution is -2.27. The molecule has 1 aliphatic rings. The molecule has 2 amide bonds. The van der Waals surface area contributed by atoms with Crippen molar-refractivity contribution in [3.05, 3.63) is 96.8 Å². The first-order valence-electron chi connectivity index (χ1n) is 10.7. The van der Waals surface area contributed by atoms with Crippen molar-refractivity contribution in [3.8, 4) is 11.5 Å². The van der Waals surface area contributed by atoms with Gasteiger partial charge in [0.25, 0.3) is 11.1 Å². The van der Waals surface area contributed by atoms with E-state index in [1.54, 1.807) is 67.6 Å². The molecule has 0 N–H and O–H groups in total. The van der Waals surface area contributed by atoms with Gasteiger partial charge >= 0.3 is 5.97 Å². The minimum absolute atomic E-state index is 0.144. The molecule has 1 heterocycles. The van der Waals surface area contributed by atoms with E-state index >= 15 is 0 Å². The number of benzene rings is 3. The summed E-state index contributed by atoms with van der Waals surface area (Å²) in [5, 5.41) is 0.622. The molecule has 4 rings (SSSR count). The maximum atomic E-state index is 13.0. The molecule has 36 heavy (non-hydrogen) atoms. The van der Waals surface area contributed by atoms with Gasteiger partial charge in [0.05, 0.1) is 28.1 Å². The first kappa shape index (κ1) is 26.3. The fraction of sp³-hybridized carbons (Fsp3) is 0.115. The molecule has 1 aliphatic heterocycles. The van der Waals surface area contributed by atoms with E-state index in [-0.39, 0.29) is 28.0 Å². The molecule has 0 bridgehead atoms. The van der Waals surface area contributed by atoms with Crippen molar-refractivity contribution >= 4 is 74.1 Å². The van der Waals surface area contributed by atoms with Crippen LogP contribution in [0.5, 0.6) is 11.5 Å². The van der Waals surface area contributed by atoms with Gasteiger partial charge in [0.1, 0.15) is 0 Å². The number of carbonyl (C=O) groups excluding carboxylic acids is 3. The molecule has 0 saturated carbocycles. The van der Waals surface area contributed by atoms with Crippen LogP contribution in [0.4, 0.5) is 4.79 Å². The lowest BCUT2D eigenvalue weighted by Gasteiger charge is -2.14. The molecular formula is C26H18BrCl2NO5S. The van der Waals surface area contributed by atoms with Crippen LogP contribution in [0.1, 0.15) is 28.4 Å². The maximum absolute atomic E-state index is 13.0. The van der Waals surface area contributed by atoms with E-state index in [0.29, 0.717) is 32.4 Å².